The van der Waals surface area contributed by atoms with E-state index in [0.29, 0.717) is 12.5 Å². The van der Waals surface area contributed by atoms with E-state index in [1.54, 1.807) is 0 Å². The van der Waals surface area contributed by atoms with Crippen LogP contribution in [0.4, 0.5) is 8.78 Å². The zero-order valence-corrected chi connectivity index (χ0v) is 12.9. The molecule has 1 saturated carbocycles. The Hall–Kier alpha value is -1.12. The lowest BCUT2D eigenvalue weighted by atomic mass is 9.80. The second-order valence-electron chi connectivity index (χ2n) is 6.24. The Morgan fingerprint density at radius 3 is 2.24 bits per heavy atom. The number of para-hydroxylation sites is 1. The Morgan fingerprint density at radius 1 is 1.00 bits per heavy atom. The molecule has 0 saturated heterocycles. The quantitative estimate of drug-likeness (QED) is 0.584. The average Bonchev–Trinajstić information content (AvgIpc) is 2.48. The fraction of sp³-hybridized carbons (Fsp3) is 0.667. The molecule has 0 atom stereocenters. The Balaban J connectivity index is 1.71. The van der Waals surface area contributed by atoms with E-state index >= 15 is 0 Å². The monoisotopic (exact) mass is 296 g/mol. The fourth-order valence-corrected chi connectivity index (χ4v) is 3.19. The molecular weight excluding hydrogens is 270 g/mol. The smallest absolute Gasteiger partial charge is 0.190 e. The summed E-state index contributed by atoms with van der Waals surface area (Å²) < 4.78 is 32.3. The lowest BCUT2D eigenvalue weighted by Crippen LogP contribution is -2.20. The van der Waals surface area contributed by atoms with Crippen molar-refractivity contribution in [1.82, 2.24) is 0 Å². The van der Waals surface area contributed by atoms with Gasteiger partial charge in [0.1, 0.15) is 0 Å². The van der Waals surface area contributed by atoms with E-state index in [4.69, 9.17) is 4.74 Å². The lowest BCUT2D eigenvalue weighted by Gasteiger charge is -2.28. The van der Waals surface area contributed by atoms with Crippen molar-refractivity contribution < 1.29 is 13.5 Å². The van der Waals surface area contributed by atoms with Gasteiger partial charge in [0.05, 0.1) is 6.61 Å². The third-order valence-electron chi connectivity index (χ3n) is 4.56. The second kappa shape index (κ2) is 8.35. The van der Waals surface area contributed by atoms with Crippen molar-refractivity contribution in [2.45, 2.75) is 58.3 Å². The van der Waals surface area contributed by atoms with Gasteiger partial charge in [0.25, 0.3) is 0 Å². The van der Waals surface area contributed by atoms with Crippen molar-refractivity contribution in [3.63, 3.8) is 0 Å². The molecule has 0 spiro atoms. The van der Waals surface area contributed by atoms with Crippen LogP contribution < -0.4 is 4.74 Å². The van der Waals surface area contributed by atoms with E-state index in [0.717, 1.165) is 18.8 Å². The van der Waals surface area contributed by atoms with E-state index in [-0.39, 0.29) is 5.75 Å². The van der Waals surface area contributed by atoms with Crippen LogP contribution in [0.3, 0.4) is 0 Å². The molecule has 0 heterocycles. The summed E-state index contributed by atoms with van der Waals surface area (Å²) in [5.74, 6) is -0.154. The molecule has 0 aromatic heterocycles. The topological polar surface area (TPSA) is 9.23 Å². The summed E-state index contributed by atoms with van der Waals surface area (Å²) in [5, 5.41) is 0. The molecule has 1 aliphatic carbocycles. The van der Waals surface area contributed by atoms with Crippen LogP contribution in [0.25, 0.3) is 0 Å². The SMILES string of the molecule is CCCCCC1CCC(COc2c(F)cccc2F)CC1. The molecule has 0 amide bonds. The number of ether oxygens (including phenoxy) is 1. The van der Waals surface area contributed by atoms with Crippen LogP contribution in [0.15, 0.2) is 18.2 Å². The molecule has 21 heavy (non-hydrogen) atoms. The molecule has 0 aliphatic heterocycles. The molecule has 1 aromatic carbocycles. The summed E-state index contributed by atoms with van der Waals surface area (Å²) in [5.41, 5.74) is 0. The zero-order valence-electron chi connectivity index (χ0n) is 12.9. The van der Waals surface area contributed by atoms with Crippen LogP contribution in [0.5, 0.6) is 5.75 Å². The summed E-state index contributed by atoms with van der Waals surface area (Å²) in [6.45, 7) is 2.66. The standard InChI is InChI=1S/C18H26F2O/c1-2-3-4-6-14-9-11-15(12-10-14)13-21-18-16(19)7-5-8-17(18)20/h5,7-8,14-15H,2-4,6,9-13H2,1H3. The maximum absolute atomic E-state index is 13.5. The van der Waals surface area contributed by atoms with Gasteiger partial charge in [-0.25, -0.2) is 8.78 Å². The molecule has 0 unspecified atom stereocenters. The first kappa shape index (κ1) is 16.3. The second-order valence-corrected chi connectivity index (χ2v) is 6.24. The molecule has 0 radical (unpaired) electrons. The number of rotatable bonds is 7. The van der Waals surface area contributed by atoms with E-state index in [9.17, 15) is 8.78 Å². The normalized spacial score (nSPS) is 22.2. The first-order valence-electron chi connectivity index (χ1n) is 8.27. The van der Waals surface area contributed by atoms with Crippen LogP contribution in [0, 0.1) is 23.5 Å². The summed E-state index contributed by atoms with van der Waals surface area (Å²) in [6, 6.07) is 3.84. The molecule has 1 aromatic rings. The highest BCUT2D eigenvalue weighted by molar-refractivity contribution is 5.25. The van der Waals surface area contributed by atoms with Gasteiger partial charge in [-0.15, -0.1) is 0 Å². The van der Waals surface area contributed by atoms with Gasteiger partial charge in [0, 0.05) is 0 Å². The fourth-order valence-electron chi connectivity index (χ4n) is 3.19. The van der Waals surface area contributed by atoms with Crippen LogP contribution in [-0.2, 0) is 0 Å². The molecule has 118 valence electrons. The van der Waals surface area contributed by atoms with Crippen LogP contribution >= 0.6 is 0 Å². The van der Waals surface area contributed by atoms with Gasteiger partial charge in [0.15, 0.2) is 17.4 Å². The number of hydrogen-bond donors (Lipinski definition) is 0. The highest BCUT2D eigenvalue weighted by Gasteiger charge is 2.22. The summed E-state index contributed by atoms with van der Waals surface area (Å²) in [4.78, 5) is 0. The predicted molar refractivity (Wildman–Crippen MR) is 81.4 cm³/mol. The third kappa shape index (κ3) is 4.98. The Morgan fingerprint density at radius 2 is 1.62 bits per heavy atom. The molecule has 0 N–H and O–H groups in total. The number of halogens is 2. The van der Waals surface area contributed by atoms with E-state index in [2.05, 4.69) is 6.92 Å². The molecule has 3 heteroatoms. The molecule has 1 nitrogen and oxygen atoms in total. The first-order valence-corrected chi connectivity index (χ1v) is 8.27. The minimum Gasteiger partial charge on any atom is -0.487 e. The lowest BCUT2D eigenvalue weighted by molar-refractivity contribution is 0.169. The maximum atomic E-state index is 13.5. The average molecular weight is 296 g/mol. The number of hydrogen-bond acceptors (Lipinski definition) is 1. The number of unbranched alkanes of at least 4 members (excludes halogenated alkanes) is 2. The molecule has 1 aliphatic rings. The van der Waals surface area contributed by atoms with E-state index < -0.39 is 11.6 Å². The highest BCUT2D eigenvalue weighted by Crippen LogP contribution is 2.33. The largest absolute Gasteiger partial charge is 0.487 e. The van der Waals surface area contributed by atoms with Crippen molar-refractivity contribution >= 4 is 0 Å². The van der Waals surface area contributed by atoms with Gasteiger partial charge >= 0.3 is 0 Å². The third-order valence-corrected chi connectivity index (χ3v) is 4.56. The van der Waals surface area contributed by atoms with Gasteiger partial charge in [-0.1, -0.05) is 51.5 Å². The van der Waals surface area contributed by atoms with Gasteiger partial charge < -0.3 is 4.74 Å². The van der Waals surface area contributed by atoms with Crippen molar-refractivity contribution in [1.29, 1.82) is 0 Å². The van der Waals surface area contributed by atoms with Crippen LogP contribution in [0.2, 0.25) is 0 Å². The Bertz CT molecular complexity index is 405. The summed E-state index contributed by atoms with van der Waals surface area (Å²) >= 11 is 0. The zero-order chi connectivity index (χ0) is 15.1. The molecule has 1 fully saturated rings. The van der Waals surface area contributed by atoms with Crippen molar-refractivity contribution in [2.24, 2.45) is 11.8 Å². The molecule has 2 rings (SSSR count). The Labute approximate surface area is 126 Å². The van der Waals surface area contributed by atoms with E-state index in [1.807, 2.05) is 0 Å². The van der Waals surface area contributed by atoms with Gasteiger partial charge in [-0.3, -0.25) is 0 Å². The molecule has 0 bridgehead atoms. The van der Waals surface area contributed by atoms with Gasteiger partial charge in [0.2, 0.25) is 0 Å². The minimum absolute atomic E-state index is 0.220. The van der Waals surface area contributed by atoms with Gasteiger partial charge in [-0.2, -0.15) is 0 Å². The maximum Gasteiger partial charge on any atom is 0.190 e. The van der Waals surface area contributed by atoms with Crippen molar-refractivity contribution in [2.75, 3.05) is 6.61 Å². The van der Waals surface area contributed by atoms with Crippen LogP contribution in [-0.4, -0.2) is 6.61 Å². The van der Waals surface area contributed by atoms with Gasteiger partial charge in [-0.05, 0) is 36.8 Å². The number of benzene rings is 1. The van der Waals surface area contributed by atoms with Crippen molar-refractivity contribution in [3.8, 4) is 5.75 Å². The van der Waals surface area contributed by atoms with Crippen LogP contribution in [0.1, 0.15) is 58.3 Å². The first-order chi connectivity index (χ1) is 10.2. The summed E-state index contributed by atoms with van der Waals surface area (Å²) in [7, 11) is 0. The molecular formula is C18H26F2O. The summed E-state index contributed by atoms with van der Waals surface area (Å²) in [6.07, 6.45) is 9.98. The van der Waals surface area contributed by atoms with E-state index in [1.165, 1.54) is 56.7 Å². The predicted octanol–water partition coefficient (Wildman–Crippen LogP) is 5.73. The highest BCUT2D eigenvalue weighted by atomic mass is 19.1. The van der Waals surface area contributed by atoms with Crippen molar-refractivity contribution in [3.05, 3.63) is 29.8 Å². The minimum atomic E-state index is -0.608. The Kier molecular flexibility index (Phi) is 6.47.